The first-order chi connectivity index (χ1) is 14.1. The normalized spacial score (nSPS) is 14.3. The van der Waals surface area contributed by atoms with Gasteiger partial charge in [0.2, 0.25) is 5.95 Å². The third-order valence-electron chi connectivity index (χ3n) is 4.96. The van der Waals surface area contributed by atoms with E-state index in [4.69, 9.17) is 4.74 Å². The molecule has 2 aromatic heterocycles. The lowest BCUT2D eigenvalue weighted by molar-refractivity contribution is 0.102. The van der Waals surface area contributed by atoms with E-state index in [1.807, 2.05) is 38.1 Å². The summed E-state index contributed by atoms with van der Waals surface area (Å²) >= 11 is 1.44. The predicted octanol–water partition coefficient (Wildman–Crippen LogP) is 3.08. The molecule has 1 saturated heterocycles. The molecular formula is C21H25N5O2S. The molecule has 152 valence electrons. The maximum absolute atomic E-state index is 12.7. The Hall–Kier alpha value is -2.58. The molecule has 1 fully saturated rings. The lowest BCUT2D eigenvalue weighted by Gasteiger charge is -2.28. The minimum atomic E-state index is 0.0963. The van der Waals surface area contributed by atoms with E-state index in [-0.39, 0.29) is 5.78 Å². The number of aryl methyl sites for hydroxylation is 2. The Balaban J connectivity index is 1.56. The van der Waals surface area contributed by atoms with Gasteiger partial charge in [-0.1, -0.05) is 42.1 Å². The zero-order chi connectivity index (χ0) is 20.2. The van der Waals surface area contributed by atoms with Crippen molar-refractivity contribution < 1.29 is 9.53 Å². The Labute approximate surface area is 174 Å². The molecule has 0 unspecified atom stereocenters. The first kappa shape index (κ1) is 19.7. The number of rotatable bonds is 7. The number of carbonyl (C=O) groups is 1. The van der Waals surface area contributed by atoms with Gasteiger partial charge in [0.05, 0.1) is 25.5 Å². The minimum Gasteiger partial charge on any atom is -0.378 e. The fourth-order valence-electron chi connectivity index (χ4n) is 3.51. The summed E-state index contributed by atoms with van der Waals surface area (Å²) in [6.45, 7) is 7.51. The van der Waals surface area contributed by atoms with Crippen LogP contribution in [-0.4, -0.2) is 57.6 Å². The van der Waals surface area contributed by atoms with Gasteiger partial charge in [-0.3, -0.25) is 9.36 Å². The summed E-state index contributed by atoms with van der Waals surface area (Å²) in [5, 5.41) is 9.63. The van der Waals surface area contributed by atoms with E-state index in [0.29, 0.717) is 25.5 Å². The molecule has 1 aromatic carbocycles. The van der Waals surface area contributed by atoms with Crippen LogP contribution in [0.15, 0.2) is 41.6 Å². The first-order valence-electron chi connectivity index (χ1n) is 9.74. The lowest BCUT2D eigenvalue weighted by Crippen LogP contribution is -2.38. The van der Waals surface area contributed by atoms with Gasteiger partial charge in [0.25, 0.3) is 0 Å². The first-order valence-corrected chi connectivity index (χ1v) is 10.7. The molecule has 1 N–H and O–H groups in total. The van der Waals surface area contributed by atoms with Crippen molar-refractivity contribution in [3.05, 3.63) is 58.9 Å². The van der Waals surface area contributed by atoms with Gasteiger partial charge < -0.3 is 14.6 Å². The average Bonchev–Trinajstić information content (AvgIpc) is 3.30. The maximum Gasteiger partial charge on any atom is 0.228 e. The third-order valence-corrected chi connectivity index (χ3v) is 5.92. The van der Waals surface area contributed by atoms with Crippen molar-refractivity contribution in [3.63, 3.8) is 0 Å². The quantitative estimate of drug-likeness (QED) is 0.476. The molecular weight excluding hydrogens is 386 g/mol. The number of ether oxygens (including phenoxy) is 1. The topological polar surface area (TPSA) is 76.0 Å². The number of aromatic nitrogens is 4. The lowest BCUT2D eigenvalue weighted by atomic mass is 10.2. The second-order valence-electron chi connectivity index (χ2n) is 7.16. The summed E-state index contributed by atoms with van der Waals surface area (Å²) in [5.41, 5.74) is 3.83. The maximum atomic E-state index is 12.7. The monoisotopic (exact) mass is 411 g/mol. The Kier molecular flexibility index (Phi) is 6.01. The number of hydrogen-bond acceptors (Lipinski definition) is 6. The van der Waals surface area contributed by atoms with E-state index >= 15 is 0 Å². The second kappa shape index (κ2) is 8.84. The molecule has 0 spiro atoms. The molecule has 1 aliphatic rings. The fraction of sp³-hybridized carbons (Fsp3) is 0.381. The van der Waals surface area contributed by atoms with Crippen LogP contribution >= 0.6 is 11.8 Å². The smallest absolute Gasteiger partial charge is 0.228 e. The van der Waals surface area contributed by atoms with E-state index in [9.17, 15) is 4.79 Å². The molecule has 0 amide bonds. The van der Waals surface area contributed by atoms with Crippen LogP contribution in [0.3, 0.4) is 0 Å². The molecule has 0 aliphatic carbocycles. The number of nitrogens with zero attached hydrogens (tertiary/aromatic N) is 4. The standard InChI is InChI=1S/C21H25N5O2S/c1-15-12-18(16(2)22-15)19(27)14-29-21-24-23-20(25-8-10-28-11-9-25)26(21)13-17-6-4-3-5-7-17/h3-7,12,22H,8-11,13-14H2,1-2H3. The number of hydrogen-bond donors (Lipinski definition) is 1. The van der Waals surface area contributed by atoms with Crippen molar-refractivity contribution in [3.8, 4) is 0 Å². The van der Waals surface area contributed by atoms with Crippen molar-refractivity contribution in [1.82, 2.24) is 19.7 Å². The Bertz CT molecular complexity index is 976. The number of benzene rings is 1. The highest BCUT2D eigenvalue weighted by atomic mass is 32.2. The average molecular weight is 412 g/mol. The Morgan fingerprint density at radius 1 is 1.17 bits per heavy atom. The molecule has 0 radical (unpaired) electrons. The van der Waals surface area contributed by atoms with E-state index < -0.39 is 0 Å². The van der Waals surface area contributed by atoms with Gasteiger partial charge in [-0.05, 0) is 25.5 Å². The number of H-pyrrole nitrogens is 1. The van der Waals surface area contributed by atoms with Gasteiger partial charge in [-0.25, -0.2) is 0 Å². The Morgan fingerprint density at radius 2 is 1.93 bits per heavy atom. The van der Waals surface area contributed by atoms with Crippen LogP contribution < -0.4 is 4.90 Å². The zero-order valence-electron chi connectivity index (χ0n) is 16.7. The van der Waals surface area contributed by atoms with Gasteiger partial charge in [-0.15, -0.1) is 10.2 Å². The van der Waals surface area contributed by atoms with Gasteiger partial charge in [0.15, 0.2) is 10.9 Å². The number of Topliss-reactive ketones (excluding diaryl/α,β-unsaturated/α-hetero) is 1. The highest BCUT2D eigenvalue weighted by Gasteiger charge is 2.22. The van der Waals surface area contributed by atoms with Crippen LogP contribution in [0.5, 0.6) is 0 Å². The molecule has 3 heterocycles. The largest absolute Gasteiger partial charge is 0.378 e. The molecule has 3 aromatic rings. The highest BCUT2D eigenvalue weighted by Crippen LogP contribution is 2.25. The molecule has 8 heteroatoms. The summed E-state index contributed by atoms with van der Waals surface area (Å²) in [4.78, 5) is 18.1. The van der Waals surface area contributed by atoms with Gasteiger partial charge in [0, 0.05) is 30.0 Å². The molecule has 0 atom stereocenters. The van der Waals surface area contributed by atoms with Crippen molar-refractivity contribution in [2.45, 2.75) is 25.5 Å². The zero-order valence-corrected chi connectivity index (χ0v) is 17.5. The number of morpholine rings is 1. The molecule has 0 saturated carbocycles. The summed E-state index contributed by atoms with van der Waals surface area (Å²) in [6.07, 6.45) is 0. The number of anilines is 1. The van der Waals surface area contributed by atoms with Crippen molar-refractivity contribution in [1.29, 1.82) is 0 Å². The van der Waals surface area contributed by atoms with Crippen LogP contribution in [0.25, 0.3) is 0 Å². The van der Waals surface area contributed by atoms with Crippen LogP contribution in [0.1, 0.15) is 27.3 Å². The van der Waals surface area contributed by atoms with Gasteiger partial charge in [0.1, 0.15) is 0 Å². The summed E-state index contributed by atoms with van der Waals surface area (Å²) in [7, 11) is 0. The summed E-state index contributed by atoms with van der Waals surface area (Å²) in [5.74, 6) is 1.26. The number of ketones is 1. The van der Waals surface area contributed by atoms with Gasteiger partial charge >= 0.3 is 0 Å². The van der Waals surface area contributed by atoms with Crippen LogP contribution in [0.2, 0.25) is 0 Å². The Morgan fingerprint density at radius 3 is 2.62 bits per heavy atom. The van der Waals surface area contributed by atoms with Crippen molar-refractivity contribution in [2.24, 2.45) is 0 Å². The number of thioether (sulfide) groups is 1. The predicted molar refractivity (Wildman–Crippen MR) is 114 cm³/mol. The molecule has 4 rings (SSSR count). The van der Waals surface area contributed by atoms with E-state index in [0.717, 1.165) is 41.1 Å². The van der Waals surface area contributed by atoms with E-state index in [1.165, 1.54) is 17.3 Å². The SMILES string of the molecule is Cc1cc(C(=O)CSc2nnc(N3CCOCC3)n2Cc2ccccc2)c(C)[nH]1. The highest BCUT2D eigenvalue weighted by molar-refractivity contribution is 7.99. The number of aromatic amines is 1. The summed E-state index contributed by atoms with van der Waals surface area (Å²) in [6, 6.07) is 12.2. The van der Waals surface area contributed by atoms with E-state index in [2.05, 4.69) is 36.8 Å². The summed E-state index contributed by atoms with van der Waals surface area (Å²) < 4.78 is 7.58. The van der Waals surface area contributed by atoms with Crippen LogP contribution in [-0.2, 0) is 11.3 Å². The number of nitrogens with one attached hydrogen (secondary N) is 1. The van der Waals surface area contributed by atoms with Gasteiger partial charge in [-0.2, -0.15) is 0 Å². The second-order valence-corrected chi connectivity index (χ2v) is 8.10. The fourth-order valence-corrected chi connectivity index (χ4v) is 4.33. The molecule has 1 aliphatic heterocycles. The van der Waals surface area contributed by atoms with Crippen molar-refractivity contribution in [2.75, 3.05) is 37.0 Å². The van der Waals surface area contributed by atoms with Crippen LogP contribution in [0, 0.1) is 13.8 Å². The van der Waals surface area contributed by atoms with Crippen LogP contribution in [0.4, 0.5) is 5.95 Å². The molecule has 29 heavy (non-hydrogen) atoms. The molecule has 7 nitrogen and oxygen atoms in total. The van der Waals surface area contributed by atoms with Crippen molar-refractivity contribution >= 4 is 23.5 Å². The third kappa shape index (κ3) is 4.54. The molecule has 0 bridgehead atoms. The minimum absolute atomic E-state index is 0.0963. The number of carbonyl (C=O) groups excluding carboxylic acids is 1. The van der Waals surface area contributed by atoms with E-state index in [1.54, 1.807) is 0 Å².